The van der Waals surface area contributed by atoms with Crippen LogP contribution in [-0.4, -0.2) is 99.6 Å². The highest BCUT2D eigenvalue weighted by atomic mass is 16.7. The molecule has 0 spiro atoms. The first-order valence-electron chi connectivity index (χ1n) is 28.4. The number of amides is 1. The third-order valence-corrected chi connectivity index (χ3v) is 12.8. The quantitative estimate of drug-likeness (QED) is 0.0196. The molecule has 6 N–H and O–H groups in total. The Balaban J connectivity index is 2.79. The molecule has 0 aromatic heterocycles. The molecule has 11 heteroatoms. The van der Waals surface area contributed by atoms with Gasteiger partial charge in [0.05, 0.1) is 25.4 Å². The van der Waals surface area contributed by atoms with Crippen molar-refractivity contribution >= 4 is 11.9 Å². The molecule has 0 aromatic carbocycles. The van der Waals surface area contributed by atoms with Gasteiger partial charge in [-0.3, -0.25) is 9.59 Å². The lowest BCUT2D eigenvalue weighted by Crippen LogP contribution is -2.61. The molecule has 408 valence electrons. The summed E-state index contributed by atoms with van der Waals surface area (Å²) in [4.78, 5) is 26.4. The van der Waals surface area contributed by atoms with Crippen molar-refractivity contribution in [3.05, 3.63) is 85.1 Å². The number of ether oxygens (including phenoxy) is 3. The van der Waals surface area contributed by atoms with Crippen molar-refractivity contribution in [2.24, 2.45) is 0 Å². The van der Waals surface area contributed by atoms with Crippen LogP contribution in [0.1, 0.15) is 220 Å². The zero-order chi connectivity index (χ0) is 51.8. The molecule has 0 radical (unpaired) electrons. The zero-order valence-corrected chi connectivity index (χ0v) is 44.8. The van der Waals surface area contributed by atoms with E-state index in [1.807, 2.05) is 18.2 Å². The van der Waals surface area contributed by atoms with Gasteiger partial charge in [-0.15, -0.1) is 0 Å². The van der Waals surface area contributed by atoms with Crippen LogP contribution in [0, 0.1) is 0 Å². The number of esters is 1. The first kappa shape index (κ1) is 65.9. The van der Waals surface area contributed by atoms with Gasteiger partial charge in [0.2, 0.25) is 5.91 Å². The molecule has 0 aliphatic carbocycles. The van der Waals surface area contributed by atoms with Crippen LogP contribution in [0.25, 0.3) is 0 Å². The fourth-order valence-corrected chi connectivity index (χ4v) is 8.21. The van der Waals surface area contributed by atoms with E-state index in [1.54, 1.807) is 6.08 Å². The van der Waals surface area contributed by atoms with Crippen LogP contribution in [0.15, 0.2) is 85.1 Å². The van der Waals surface area contributed by atoms with Crippen molar-refractivity contribution in [2.75, 3.05) is 13.2 Å². The summed E-state index contributed by atoms with van der Waals surface area (Å²) in [6.45, 7) is 5.66. The van der Waals surface area contributed by atoms with Crippen LogP contribution in [0.4, 0.5) is 0 Å². The molecule has 1 aliphatic heterocycles. The Labute approximate surface area is 432 Å². The van der Waals surface area contributed by atoms with Crippen molar-refractivity contribution in [1.29, 1.82) is 0 Å². The SMILES string of the molecule is CCCCC/C=C\C/C=C\C/C=C\C/C=C\CCCCC(O)C(=O)NC(COC1OC(CO)C(O)C(O)C1OC(=O)CC/C=C/C/C=C\CCCCCCCC)C(O)/C=C/CCCCCCCCCCC. The van der Waals surface area contributed by atoms with Crippen LogP contribution >= 0.6 is 0 Å². The number of rotatable bonds is 46. The van der Waals surface area contributed by atoms with Crippen LogP contribution in [0.3, 0.4) is 0 Å². The van der Waals surface area contributed by atoms with Gasteiger partial charge < -0.3 is 45.1 Å². The lowest BCUT2D eigenvalue weighted by Gasteiger charge is -2.41. The van der Waals surface area contributed by atoms with Crippen molar-refractivity contribution in [3.8, 4) is 0 Å². The minimum absolute atomic E-state index is 0.00996. The van der Waals surface area contributed by atoms with Gasteiger partial charge in [0, 0.05) is 6.42 Å². The van der Waals surface area contributed by atoms with Crippen molar-refractivity contribution < 1.29 is 49.3 Å². The second kappa shape index (κ2) is 47.8. The van der Waals surface area contributed by atoms with E-state index in [9.17, 15) is 35.1 Å². The summed E-state index contributed by atoms with van der Waals surface area (Å²) >= 11 is 0. The van der Waals surface area contributed by atoms with Gasteiger partial charge in [-0.1, -0.05) is 209 Å². The lowest BCUT2D eigenvalue weighted by atomic mass is 9.99. The van der Waals surface area contributed by atoms with Crippen LogP contribution in [0.5, 0.6) is 0 Å². The lowest BCUT2D eigenvalue weighted by molar-refractivity contribution is -0.305. The predicted molar refractivity (Wildman–Crippen MR) is 292 cm³/mol. The standard InChI is InChI=1S/C60H103NO10/c1-4-7-10-13-16-19-22-24-25-26-27-28-30-32-35-38-41-44-47-53(64)59(68)61-51(52(63)46-43-40-37-34-31-21-18-15-12-9-6-3)50-69-60-58(57(67)56(66)54(49-62)70-60)71-55(65)48-45-42-39-36-33-29-23-20-17-14-11-8-5-2/h16,19,24-25,27-29,32-33,35,39,42-43,46,51-54,56-58,60,62-64,66-67H,4-15,17-18,20-23,26,30-31,34,36-38,40-41,44-45,47-50H2,1-3H3,(H,61,68)/b19-16-,25-24-,28-27-,33-29-,35-32-,42-39+,46-43+. The van der Waals surface area contributed by atoms with Crippen molar-refractivity contribution in [2.45, 2.75) is 269 Å². The molecule has 0 aromatic rings. The van der Waals surface area contributed by atoms with Crippen LogP contribution in [-0.2, 0) is 23.8 Å². The molecule has 8 atom stereocenters. The largest absolute Gasteiger partial charge is 0.454 e. The summed E-state index contributed by atoms with van der Waals surface area (Å²) < 4.78 is 17.5. The maximum absolute atomic E-state index is 13.4. The maximum Gasteiger partial charge on any atom is 0.306 e. The number of carbonyl (C=O) groups is 2. The second-order valence-electron chi connectivity index (χ2n) is 19.3. The normalized spacial score (nSPS) is 20.3. The molecule has 1 amide bonds. The second-order valence-corrected chi connectivity index (χ2v) is 19.3. The molecule has 8 unspecified atom stereocenters. The minimum Gasteiger partial charge on any atom is -0.454 e. The number of hydrogen-bond acceptors (Lipinski definition) is 10. The molecular weight excluding hydrogens is 895 g/mol. The smallest absolute Gasteiger partial charge is 0.306 e. The van der Waals surface area contributed by atoms with Crippen LogP contribution < -0.4 is 5.32 Å². The van der Waals surface area contributed by atoms with Gasteiger partial charge >= 0.3 is 5.97 Å². The molecule has 1 fully saturated rings. The van der Waals surface area contributed by atoms with Gasteiger partial charge in [0.15, 0.2) is 12.4 Å². The molecule has 1 rings (SSSR count). The van der Waals surface area contributed by atoms with Gasteiger partial charge in [0.1, 0.15) is 24.4 Å². The number of aliphatic hydroxyl groups is 5. The van der Waals surface area contributed by atoms with E-state index < -0.39 is 67.4 Å². The van der Waals surface area contributed by atoms with Gasteiger partial charge in [-0.05, 0) is 89.9 Å². The van der Waals surface area contributed by atoms with E-state index in [1.165, 1.54) is 96.3 Å². The molecule has 0 saturated carbocycles. The monoisotopic (exact) mass is 998 g/mol. The summed E-state index contributed by atoms with van der Waals surface area (Å²) in [5.41, 5.74) is 0. The van der Waals surface area contributed by atoms with Crippen molar-refractivity contribution in [3.63, 3.8) is 0 Å². The van der Waals surface area contributed by atoms with Gasteiger partial charge in [0.25, 0.3) is 0 Å². The van der Waals surface area contributed by atoms with Gasteiger partial charge in [-0.25, -0.2) is 0 Å². The van der Waals surface area contributed by atoms with E-state index in [0.717, 1.165) is 77.0 Å². The first-order chi connectivity index (χ1) is 34.7. The molecule has 1 aliphatic rings. The summed E-state index contributed by atoms with van der Waals surface area (Å²) in [6, 6.07) is -1.05. The molecular formula is C60H103NO10. The number of allylic oxidation sites excluding steroid dienone is 13. The highest BCUT2D eigenvalue weighted by molar-refractivity contribution is 5.80. The maximum atomic E-state index is 13.4. The molecule has 0 bridgehead atoms. The molecule has 71 heavy (non-hydrogen) atoms. The number of hydrogen-bond donors (Lipinski definition) is 6. The van der Waals surface area contributed by atoms with E-state index in [4.69, 9.17) is 14.2 Å². The van der Waals surface area contributed by atoms with E-state index in [2.05, 4.69) is 86.8 Å². The Morgan fingerprint density at radius 2 is 0.972 bits per heavy atom. The van der Waals surface area contributed by atoms with E-state index in [0.29, 0.717) is 12.8 Å². The predicted octanol–water partition coefficient (Wildman–Crippen LogP) is 12.6. The number of aliphatic hydroxyl groups excluding tert-OH is 5. The highest BCUT2D eigenvalue weighted by Crippen LogP contribution is 2.26. The summed E-state index contributed by atoms with van der Waals surface area (Å²) in [7, 11) is 0. The first-order valence-corrected chi connectivity index (χ1v) is 28.4. The van der Waals surface area contributed by atoms with E-state index in [-0.39, 0.29) is 19.4 Å². The molecule has 11 nitrogen and oxygen atoms in total. The summed E-state index contributed by atoms with van der Waals surface area (Å²) in [5, 5.41) is 56.7. The number of carbonyl (C=O) groups excluding carboxylic acids is 2. The Bertz CT molecular complexity index is 1470. The zero-order valence-electron chi connectivity index (χ0n) is 44.8. The van der Waals surface area contributed by atoms with Crippen LogP contribution in [0.2, 0.25) is 0 Å². The number of unbranched alkanes of at least 4 members (excludes halogenated alkanes) is 20. The fraction of sp³-hybridized carbons (Fsp3) is 0.733. The molecule has 1 saturated heterocycles. The van der Waals surface area contributed by atoms with Crippen molar-refractivity contribution in [1.82, 2.24) is 5.32 Å². The Morgan fingerprint density at radius 3 is 1.48 bits per heavy atom. The average molecular weight is 998 g/mol. The van der Waals surface area contributed by atoms with E-state index >= 15 is 0 Å². The van der Waals surface area contributed by atoms with Gasteiger partial charge in [-0.2, -0.15) is 0 Å². The minimum atomic E-state index is -1.64. The number of nitrogens with one attached hydrogen (secondary N) is 1. The summed E-state index contributed by atoms with van der Waals surface area (Å²) in [6.07, 6.45) is 50.7. The Hall–Kier alpha value is -3.16. The third kappa shape index (κ3) is 36.4. The third-order valence-electron chi connectivity index (χ3n) is 12.8. The Kier molecular flexibility index (Phi) is 44.4. The fourth-order valence-electron chi connectivity index (χ4n) is 8.21. The highest BCUT2D eigenvalue weighted by Gasteiger charge is 2.47. The molecule has 1 heterocycles. The topological polar surface area (TPSA) is 175 Å². The Morgan fingerprint density at radius 1 is 0.549 bits per heavy atom. The average Bonchev–Trinajstić information content (AvgIpc) is 3.37. The summed E-state index contributed by atoms with van der Waals surface area (Å²) in [5.74, 6) is -1.31.